The molecule has 0 bridgehead atoms. The van der Waals surface area contributed by atoms with Crippen molar-refractivity contribution in [2.75, 3.05) is 29.0 Å². The first kappa shape index (κ1) is 20.2. The second-order valence-electron chi connectivity index (χ2n) is 5.65. The molecule has 0 aliphatic carbocycles. The van der Waals surface area contributed by atoms with E-state index in [0.717, 1.165) is 10.6 Å². The molecule has 0 radical (unpaired) electrons. The quantitative estimate of drug-likeness (QED) is 0.708. The van der Waals surface area contributed by atoms with Crippen LogP contribution in [0.4, 0.5) is 11.4 Å². The summed E-state index contributed by atoms with van der Waals surface area (Å²) in [5.74, 6) is -0.713. The zero-order chi connectivity index (χ0) is 20.0. The van der Waals surface area contributed by atoms with E-state index < -0.39 is 28.4 Å². The molecule has 0 aromatic heterocycles. The molecule has 9 heteroatoms. The van der Waals surface area contributed by atoms with E-state index in [-0.39, 0.29) is 11.3 Å². The van der Waals surface area contributed by atoms with Crippen LogP contribution in [-0.2, 0) is 14.8 Å². The van der Waals surface area contributed by atoms with Crippen molar-refractivity contribution in [1.29, 1.82) is 0 Å². The highest BCUT2D eigenvalue weighted by molar-refractivity contribution is 7.92. The van der Waals surface area contributed by atoms with Gasteiger partial charge in [-0.05, 0) is 43.3 Å². The van der Waals surface area contributed by atoms with Gasteiger partial charge in [-0.1, -0.05) is 12.1 Å². The lowest BCUT2D eigenvalue weighted by molar-refractivity contribution is -0.114. The zero-order valence-electron chi connectivity index (χ0n) is 15.0. The van der Waals surface area contributed by atoms with Gasteiger partial charge >= 0.3 is 0 Å². The summed E-state index contributed by atoms with van der Waals surface area (Å²) in [4.78, 5) is 23.8. The normalized spacial score (nSPS) is 10.9. The SMILES string of the molecule is CCOc1ccc(N(CC(=O)Nc2ccccc2C(N)=O)S(C)(=O)=O)cc1. The van der Waals surface area contributed by atoms with Gasteiger partial charge in [-0.3, -0.25) is 13.9 Å². The second-order valence-corrected chi connectivity index (χ2v) is 7.56. The van der Waals surface area contributed by atoms with E-state index in [0.29, 0.717) is 18.0 Å². The summed E-state index contributed by atoms with van der Waals surface area (Å²) in [7, 11) is -3.72. The lowest BCUT2D eigenvalue weighted by Gasteiger charge is -2.22. The minimum atomic E-state index is -3.72. The molecule has 0 aliphatic heterocycles. The Morgan fingerprint density at radius 2 is 1.74 bits per heavy atom. The van der Waals surface area contributed by atoms with E-state index >= 15 is 0 Å². The minimum Gasteiger partial charge on any atom is -0.494 e. The van der Waals surface area contributed by atoms with Crippen molar-refractivity contribution in [1.82, 2.24) is 0 Å². The number of benzene rings is 2. The third-order valence-corrected chi connectivity index (χ3v) is 4.73. The van der Waals surface area contributed by atoms with E-state index in [2.05, 4.69) is 5.32 Å². The summed E-state index contributed by atoms with van der Waals surface area (Å²) < 4.78 is 30.6. The Hall–Kier alpha value is -3.07. The highest BCUT2D eigenvalue weighted by atomic mass is 32.2. The molecular weight excluding hydrogens is 370 g/mol. The highest BCUT2D eigenvalue weighted by Crippen LogP contribution is 2.22. The van der Waals surface area contributed by atoms with Crippen LogP contribution in [0, 0.1) is 0 Å². The van der Waals surface area contributed by atoms with Crippen molar-refractivity contribution >= 4 is 33.2 Å². The van der Waals surface area contributed by atoms with E-state index in [1.807, 2.05) is 6.92 Å². The number of hydrogen-bond acceptors (Lipinski definition) is 5. The van der Waals surface area contributed by atoms with Gasteiger partial charge in [-0.2, -0.15) is 0 Å². The molecule has 2 amide bonds. The number of nitrogens with two attached hydrogens (primary N) is 1. The topological polar surface area (TPSA) is 119 Å². The predicted molar refractivity (Wildman–Crippen MR) is 103 cm³/mol. The molecule has 27 heavy (non-hydrogen) atoms. The molecule has 2 rings (SSSR count). The van der Waals surface area contributed by atoms with Crippen molar-refractivity contribution in [3.63, 3.8) is 0 Å². The average Bonchev–Trinajstić information content (AvgIpc) is 2.60. The summed E-state index contributed by atoms with van der Waals surface area (Å²) in [6.45, 7) is 1.86. The molecule has 0 fully saturated rings. The maximum Gasteiger partial charge on any atom is 0.250 e. The standard InChI is InChI=1S/C18H21N3O5S/c1-3-26-14-10-8-13(9-11-14)21(27(2,24)25)12-17(22)20-16-7-5-4-6-15(16)18(19)23/h4-11H,3,12H2,1-2H3,(H2,19,23)(H,20,22). The first-order chi connectivity index (χ1) is 12.7. The number of amides is 2. The molecule has 0 aliphatic rings. The Morgan fingerprint density at radius 3 is 2.30 bits per heavy atom. The number of ether oxygens (including phenoxy) is 1. The highest BCUT2D eigenvalue weighted by Gasteiger charge is 2.21. The Bertz CT molecular complexity index is 926. The third kappa shape index (κ3) is 5.45. The van der Waals surface area contributed by atoms with Crippen LogP contribution in [0.5, 0.6) is 5.75 Å². The molecule has 0 spiro atoms. The fourth-order valence-electron chi connectivity index (χ4n) is 2.40. The van der Waals surface area contributed by atoms with Crippen LogP contribution >= 0.6 is 0 Å². The van der Waals surface area contributed by atoms with E-state index in [9.17, 15) is 18.0 Å². The van der Waals surface area contributed by atoms with Crippen LogP contribution < -0.4 is 20.1 Å². The Morgan fingerprint density at radius 1 is 1.11 bits per heavy atom. The molecule has 2 aromatic rings. The molecule has 3 N–H and O–H groups in total. The molecular formula is C18H21N3O5S. The lowest BCUT2D eigenvalue weighted by Crippen LogP contribution is -2.37. The maximum absolute atomic E-state index is 12.4. The van der Waals surface area contributed by atoms with Gasteiger partial charge < -0.3 is 15.8 Å². The summed E-state index contributed by atoms with van der Waals surface area (Å²) in [5, 5.41) is 2.53. The Balaban J connectivity index is 2.22. The maximum atomic E-state index is 12.4. The number of carbonyl (C=O) groups excluding carboxylic acids is 2. The zero-order valence-corrected chi connectivity index (χ0v) is 15.8. The fraction of sp³-hybridized carbons (Fsp3) is 0.222. The molecule has 2 aromatic carbocycles. The van der Waals surface area contributed by atoms with Crippen molar-refractivity contribution < 1.29 is 22.7 Å². The average molecular weight is 391 g/mol. The number of nitrogens with one attached hydrogen (secondary N) is 1. The number of rotatable bonds is 8. The van der Waals surface area contributed by atoms with Crippen molar-refractivity contribution in [3.05, 3.63) is 54.1 Å². The second kappa shape index (κ2) is 8.54. The molecule has 0 saturated heterocycles. The molecule has 144 valence electrons. The smallest absolute Gasteiger partial charge is 0.250 e. The number of anilines is 2. The van der Waals surface area contributed by atoms with Gasteiger partial charge in [-0.25, -0.2) is 8.42 Å². The summed E-state index contributed by atoms with van der Waals surface area (Å²) in [6.07, 6.45) is 1.01. The summed E-state index contributed by atoms with van der Waals surface area (Å²) in [5.41, 5.74) is 5.96. The van der Waals surface area contributed by atoms with Crippen molar-refractivity contribution in [3.8, 4) is 5.75 Å². The van der Waals surface area contributed by atoms with Crippen LogP contribution in [0.15, 0.2) is 48.5 Å². The molecule has 0 heterocycles. The number of primary amides is 1. The van der Waals surface area contributed by atoms with E-state index in [1.165, 1.54) is 12.1 Å². The summed E-state index contributed by atoms with van der Waals surface area (Å²) >= 11 is 0. The molecule has 0 atom stereocenters. The number of para-hydroxylation sites is 1. The monoisotopic (exact) mass is 391 g/mol. The Labute approximate surface area is 158 Å². The predicted octanol–water partition coefficient (Wildman–Crippen LogP) is 1.59. The van der Waals surface area contributed by atoms with Crippen LogP contribution in [0.1, 0.15) is 17.3 Å². The van der Waals surface area contributed by atoms with Gasteiger partial charge in [-0.15, -0.1) is 0 Å². The Kier molecular flexibility index (Phi) is 6.40. The number of nitrogens with zero attached hydrogens (tertiary/aromatic N) is 1. The van der Waals surface area contributed by atoms with Gasteiger partial charge in [0.1, 0.15) is 12.3 Å². The van der Waals surface area contributed by atoms with Gasteiger partial charge in [0.2, 0.25) is 15.9 Å². The molecule has 0 saturated carbocycles. The van der Waals surface area contributed by atoms with Crippen LogP contribution in [0.25, 0.3) is 0 Å². The van der Waals surface area contributed by atoms with Crippen LogP contribution in [0.2, 0.25) is 0 Å². The van der Waals surface area contributed by atoms with Gasteiger partial charge in [0, 0.05) is 0 Å². The van der Waals surface area contributed by atoms with Gasteiger partial charge in [0.15, 0.2) is 0 Å². The first-order valence-electron chi connectivity index (χ1n) is 8.11. The fourth-order valence-corrected chi connectivity index (χ4v) is 3.26. The summed E-state index contributed by atoms with van der Waals surface area (Å²) in [6, 6.07) is 12.6. The van der Waals surface area contributed by atoms with Crippen molar-refractivity contribution in [2.24, 2.45) is 5.73 Å². The third-order valence-electron chi connectivity index (χ3n) is 3.59. The lowest BCUT2D eigenvalue weighted by atomic mass is 10.1. The van der Waals surface area contributed by atoms with Crippen molar-refractivity contribution in [2.45, 2.75) is 6.92 Å². The van der Waals surface area contributed by atoms with Crippen LogP contribution in [0.3, 0.4) is 0 Å². The van der Waals surface area contributed by atoms with E-state index in [1.54, 1.807) is 36.4 Å². The van der Waals surface area contributed by atoms with Gasteiger partial charge in [0.25, 0.3) is 5.91 Å². The van der Waals surface area contributed by atoms with Crippen LogP contribution in [-0.4, -0.2) is 39.6 Å². The number of carbonyl (C=O) groups is 2. The molecule has 8 nitrogen and oxygen atoms in total. The first-order valence-corrected chi connectivity index (χ1v) is 9.96. The molecule has 0 unspecified atom stereocenters. The number of hydrogen-bond donors (Lipinski definition) is 2. The minimum absolute atomic E-state index is 0.137. The van der Waals surface area contributed by atoms with Gasteiger partial charge in [0.05, 0.1) is 29.8 Å². The van der Waals surface area contributed by atoms with E-state index in [4.69, 9.17) is 10.5 Å². The largest absolute Gasteiger partial charge is 0.494 e. The number of sulfonamides is 1.